The molecule has 2 aliphatic rings. The Bertz CT molecular complexity index is 474. The molecular weight excluding hydrogens is 258 g/mol. The highest BCUT2D eigenvalue weighted by Crippen LogP contribution is 2.46. The van der Waals surface area contributed by atoms with Crippen LogP contribution >= 0.6 is 0 Å². The lowest BCUT2D eigenvalue weighted by Crippen LogP contribution is -2.45. The molecule has 2 unspecified atom stereocenters. The van der Waals surface area contributed by atoms with Crippen molar-refractivity contribution < 1.29 is 0 Å². The van der Waals surface area contributed by atoms with Crippen LogP contribution in [0, 0.1) is 11.8 Å². The van der Waals surface area contributed by atoms with Crippen LogP contribution in [-0.4, -0.2) is 37.5 Å². The number of piperidine rings is 1. The molecule has 2 atom stereocenters. The summed E-state index contributed by atoms with van der Waals surface area (Å²) in [7, 11) is 1.90. The van der Waals surface area contributed by atoms with Crippen LogP contribution in [0.2, 0.25) is 0 Å². The molecule has 0 bridgehead atoms. The zero-order valence-corrected chi connectivity index (χ0v) is 13.3. The molecule has 2 fully saturated rings. The van der Waals surface area contributed by atoms with Crippen molar-refractivity contribution in [2.75, 3.05) is 26.7 Å². The maximum Gasteiger partial charge on any atom is 0.193 e. The summed E-state index contributed by atoms with van der Waals surface area (Å²) in [5, 5.41) is 3.59. The van der Waals surface area contributed by atoms with Crippen molar-refractivity contribution in [3.05, 3.63) is 35.9 Å². The maximum absolute atomic E-state index is 4.47. The summed E-state index contributed by atoms with van der Waals surface area (Å²) in [5.41, 5.74) is 1.49. The fraction of sp³-hybridized carbons (Fsp3) is 0.611. The largest absolute Gasteiger partial charge is 0.356 e. The molecule has 3 heteroatoms. The minimum atomic E-state index is 0.748. The van der Waals surface area contributed by atoms with Crippen molar-refractivity contribution in [3.63, 3.8) is 0 Å². The molecule has 0 radical (unpaired) electrons. The molecular formula is C18H27N3. The Balaban J connectivity index is 1.47. The van der Waals surface area contributed by atoms with Gasteiger partial charge in [0.2, 0.25) is 0 Å². The van der Waals surface area contributed by atoms with Crippen molar-refractivity contribution in [2.24, 2.45) is 16.8 Å². The van der Waals surface area contributed by atoms with Crippen LogP contribution < -0.4 is 5.32 Å². The Hall–Kier alpha value is -1.51. The third kappa shape index (κ3) is 3.58. The van der Waals surface area contributed by atoms with E-state index in [0.717, 1.165) is 43.3 Å². The van der Waals surface area contributed by atoms with Crippen molar-refractivity contribution in [3.8, 4) is 0 Å². The van der Waals surface area contributed by atoms with Crippen LogP contribution in [0.25, 0.3) is 0 Å². The van der Waals surface area contributed by atoms with Crippen molar-refractivity contribution in [1.82, 2.24) is 10.2 Å². The van der Waals surface area contributed by atoms with E-state index in [1.54, 1.807) is 0 Å². The van der Waals surface area contributed by atoms with Gasteiger partial charge in [-0.15, -0.1) is 0 Å². The number of guanidine groups is 1. The predicted molar refractivity (Wildman–Crippen MR) is 88.6 cm³/mol. The first-order chi connectivity index (χ1) is 10.3. The first kappa shape index (κ1) is 14.4. The summed E-state index contributed by atoms with van der Waals surface area (Å²) >= 11 is 0. The van der Waals surface area contributed by atoms with Crippen LogP contribution in [0.4, 0.5) is 0 Å². The van der Waals surface area contributed by atoms with Gasteiger partial charge in [-0.1, -0.05) is 37.3 Å². The zero-order chi connectivity index (χ0) is 14.7. The number of nitrogens with zero attached hydrogens (tertiary/aromatic N) is 2. The molecule has 1 N–H and O–H groups in total. The highest BCUT2D eigenvalue weighted by molar-refractivity contribution is 5.80. The second-order valence-electron chi connectivity index (χ2n) is 6.61. The first-order valence-corrected chi connectivity index (χ1v) is 8.28. The Kier molecular flexibility index (Phi) is 4.47. The van der Waals surface area contributed by atoms with E-state index in [4.69, 9.17) is 0 Å². The molecule has 21 heavy (non-hydrogen) atoms. The third-order valence-electron chi connectivity index (χ3n) is 4.97. The molecule has 114 valence electrons. The number of aliphatic imine (C=N–C) groups is 1. The number of hydrogen-bond acceptors (Lipinski definition) is 1. The summed E-state index contributed by atoms with van der Waals surface area (Å²) < 4.78 is 0. The maximum atomic E-state index is 4.47. The first-order valence-electron chi connectivity index (χ1n) is 8.28. The van der Waals surface area contributed by atoms with Crippen molar-refractivity contribution in [2.45, 2.75) is 32.1 Å². The lowest BCUT2D eigenvalue weighted by Gasteiger charge is -2.33. The topological polar surface area (TPSA) is 27.6 Å². The highest BCUT2D eigenvalue weighted by atomic mass is 15.3. The zero-order valence-electron chi connectivity index (χ0n) is 13.3. The number of nitrogens with one attached hydrogen (secondary N) is 1. The third-order valence-corrected chi connectivity index (χ3v) is 4.97. The van der Waals surface area contributed by atoms with Gasteiger partial charge >= 0.3 is 0 Å². The molecule has 1 heterocycles. The van der Waals surface area contributed by atoms with Gasteiger partial charge in [-0.05, 0) is 42.6 Å². The Labute approximate surface area is 128 Å². The second-order valence-corrected chi connectivity index (χ2v) is 6.61. The molecule has 1 saturated carbocycles. The molecule has 0 spiro atoms. The molecule has 1 aliphatic heterocycles. The van der Waals surface area contributed by atoms with E-state index in [1.807, 2.05) is 7.05 Å². The van der Waals surface area contributed by atoms with Gasteiger partial charge in [-0.3, -0.25) is 4.99 Å². The lowest BCUT2D eigenvalue weighted by molar-refractivity contribution is 0.273. The predicted octanol–water partition coefficient (Wildman–Crippen LogP) is 3.10. The van der Waals surface area contributed by atoms with Crippen LogP contribution in [-0.2, 0) is 0 Å². The number of hydrogen-bond donors (Lipinski definition) is 1. The second kappa shape index (κ2) is 6.50. The van der Waals surface area contributed by atoms with Gasteiger partial charge in [0, 0.05) is 26.7 Å². The van der Waals surface area contributed by atoms with Gasteiger partial charge in [0.05, 0.1) is 0 Å². The Morgan fingerprint density at radius 2 is 1.95 bits per heavy atom. The summed E-state index contributed by atoms with van der Waals surface area (Å²) in [5.74, 6) is 3.48. The summed E-state index contributed by atoms with van der Waals surface area (Å²) in [4.78, 5) is 6.88. The van der Waals surface area contributed by atoms with E-state index in [0.29, 0.717) is 0 Å². The van der Waals surface area contributed by atoms with Crippen LogP contribution in [0.5, 0.6) is 0 Å². The smallest absolute Gasteiger partial charge is 0.193 e. The van der Waals surface area contributed by atoms with Gasteiger partial charge in [-0.2, -0.15) is 0 Å². The minimum Gasteiger partial charge on any atom is -0.356 e. The monoisotopic (exact) mass is 285 g/mol. The van der Waals surface area contributed by atoms with E-state index in [1.165, 1.54) is 24.8 Å². The summed E-state index contributed by atoms with van der Waals surface area (Å²) in [6, 6.07) is 10.9. The van der Waals surface area contributed by atoms with E-state index >= 15 is 0 Å². The number of likely N-dealkylation sites (tertiary alicyclic amines) is 1. The summed E-state index contributed by atoms with van der Waals surface area (Å²) in [6.45, 7) is 5.70. The number of benzene rings is 1. The van der Waals surface area contributed by atoms with Crippen LogP contribution in [0.15, 0.2) is 35.3 Å². The van der Waals surface area contributed by atoms with Crippen LogP contribution in [0.3, 0.4) is 0 Å². The average Bonchev–Trinajstić information content (AvgIpc) is 3.30. The molecule has 1 aromatic rings. The lowest BCUT2D eigenvalue weighted by atomic mass is 10.00. The van der Waals surface area contributed by atoms with Crippen molar-refractivity contribution >= 4 is 5.96 Å². The van der Waals surface area contributed by atoms with Gasteiger partial charge in [0.25, 0.3) is 0 Å². The molecule has 1 saturated heterocycles. The Morgan fingerprint density at radius 1 is 1.24 bits per heavy atom. The van der Waals surface area contributed by atoms with Gasteiger partial charge in [0.15, 0.2) is 5.96 Å². The minimum absolute atomic E-state index is 0.748. The quantitative estimate of drug-likeness (QED) is 0.682. The standard InChI is InChI=1S/C18H27N3/c1-14-8-10-21(11-9-14)18(19-2)20-13-16-12-17(16)15-6-4-3-5-7-15/h3-7,14,16-17H,8-13H2,1-2H3,(H,19,20). The Morgan fingerprint density at radius 3 is 2.62 bits per heavy atom. The van der Waals surface area contributed by atoms with Crippen molar-refractivity contribution in [1.29, 1.82) is 0 Å². The molecule has 0 amide bonds. The van der Waals surface area contributed by atoms with Gasteiger partial charge in [0.1, 0.15) is 0 Å². The average molecular weight is 285 g/mol. The SMILES string of the molecule is CN=C(NCC1CC1c1ccccc1)N1CCC(C)CC1. The molecule has 3 nitrogen and oxygen atoms in total. The van der Waals surface area contributed by atoms with Gasteiger partial charge < -0.3 is 10.2 Å². The molecule has 3 rings (SSSR count). The fourth-order valence-electron chi connectivity index (χ4n) is 3.36. The summed E-state index contributed by atoms with van der Waals surface area (Å²) in [6.07, 6.45) is 3.89. The molecule has 0 aromatic heterocycles. The van der Waals surface area contributed by atoms with E-state index in [2.05, 4.69) is 52.5 Å². The van der Waals surface area contributed by atoms with E-state index in [-0.39, 0.29) is 0 Å². The fourth-order valence-corrected chi connectivity index (χ4v) is 3.36. The molecule has 1 aromatic carbocycles. The van der Waals surface area contributed by atoms with E-state index in [9.17, 15) is 0 Å². The normalized spacial score (nSPS) is 26.8. The van der Waals surface area contributed by atoms with Gasteiger partial charge in [-0.25, -0.2) is 0 Å². The highest BCUT2D eigenvalue weighted by Gasteiger charge is 2.38. The molecule has 1 aliphatic carbocycles. The number of rotatable bonds is 3. The van der Waals surface area contributed by atoms with Crippen LogP contribution in [0.1, 0.15) is 37.7 Å². The van der Waals surface area contributed by atoms with E-state index < -0.39 is 0 Å².